The molecule has 0 bridgehead atoms. The molecule has 0 aromatic heterocycles. The largest absolute Gasteiger partial charge is 0.360 e. The van der Waals surface area contributed by atoms with Crippen LogP contribution in [0.15, 0.2) is 48.5 Å². The molecule has 22 heavy (non-hydrogen) atoms. The van der Waals surface area contributed by atoms with Crippen LogP contribution in [0, 0.1) is 6.92 Å². The Kier molecular flexibility index (Phi) is 6.22. The highest BCUT2D eigenvalue weighted by Crippen LogP contribution is 2.19. The van der Waals surface area contributed by atoms with E-state index in [1.54, 1.807) is 0 Å². The van der Waals surface area contributed by atoms with Crippen LogP contribution in [0.4, 0.5) is 5.69 Å². The van der Waals surface area contributed by atoms with Gasteiger partial charge in [-0.2, -0.15) is 0 Å². The third-order valence-electron chi connectivity index (χ3n) is 3.52. The second-order valence-corrected chi connectivity index (χ2v) is 6.30. The summed E-state index contributed by atoms with van der Waals surface area (Å²) in [5.74, 6) is 0. The number of thiocarbonyl (C=S) groups is 1. The van der Waals surface area contributed by atoms with Crippen LogP contribution in [0.2, 0.25) is 5.02 Å². The molecule has 0 fully saturated rings. The molecule has 2 nitrogen and oxygen atoms in total. The van der Waals surface area contributed by atoms with Gasteiger partial charge >= 0.3 is 0 Å². The minimum absolute atomic E-state index is 0.307. The van der Waals surface area contributed by atoms with Crippen LogP contribution >= 0.6 is 23.8 Å². The van der Waals surface area contributed by atoms with Crippen LogP contribution < -0.4 is 10.6 Å². The van der Waals surface area contributed by atoms with E-state index in [0.717, 1.165) is 29.1 Å². The lowest BCUT2D eigenvalue weighted by molar-refractivity contribution is 0.609. The first-order chi connectivity index (χ1) is 10.5. The van der Waals surface area contributed by atoms with Crippen LogP contribution in [-0.4, -0.2) is 11.2 Å². The summed E-state index contributed by atoms with van der Waals surface area (Å²) in [7, 11) is 0. The quantitative estimate of drug-likeness (QED) is 0.757. The van der Waals surface area contributed by atoms with Gasteiger partial charge in [0.25, 0.3) is 0 Å². The van der Waals surface area contributed by atoms with E-state index in [0.29, 0.717) is 11.2 Å². The minimum Gasteiger partial charge on any atom is -0.360 e. The van der Waals surface area contributed by atoms with E-state index in [9.17, 15) is 0 Å². The summed E-state index contributed by atoms with van der Waals surface area (Å²) >= 11 is 11.5. The molecule has 1 atom stereocenters. The summed E-state index contributed by atoms with van der Waals surface area (Å²) in [4.78, 5) is 0. The average Bonchev–Trinajstić information content (AvgIpc) is 2.50. The molecular formula is C18H21ClN2S. The molecule has 2 aromatic rings. The van der Waals surface area contributed by atoms with E-state index in [1.807, 2.05) is 31.2 Å². The predicted octanol–water partition coefficient (Wildman–Crippen LogP) is 4.96. The number of halogens is 1. The van der Waals surface area contributed by atoms with Crippen LogP contribution in [0.3, 0.4) is 0 Å². The summed E-state index contributed by atoms with van der Waals surface area (Å²) in [6.07, 6.45) is 2.06. The SMILES string of the molecule is Cc1ccc(NC(=S)N[C@H](C)CCc2ccccc2)cc1Cl. The highest BCUT2D eigenvalue weighted by molar-refractivity contribution is 7.80. The van der Waals surface area contributed by atoms with Crippen LogP contribution in [0.5, 0.6) is 0 Å². The summed E-state index contributed by atoms with van der Waals surface area (Å²) in [6, 6.07) is 16.6. The van der Waals surface area contributed by atoms with Gasteiger partial charge in [0.1, 0.15) is 0 Å². The topological polar surface area (TPSA) is 24.1 Å². The molecule has 0 aliphatic carbocycles. The van der Waals surface area contributed by atoms with Gasteiger partial charge < -0.3 is 10.6 Å². The molecule has 2 N–H and O–H groups in total. The van der Waals surface area contributed by atoms with E-state index < -0.39 is 0 Å². The van der Waals surface area contributed by atoms with Crippen LogP contribution in [-0.2, 0) is 6.42 Å². The lowest BCUT2D eigenvalue weighted by Crippen LogP contribution is -2.36. The van der Waals surface area contributed by atoms with Crippen molar-refractivity contribution in [2.45, 2.75) is 32.7 Å². The molecule has 116 valence electrons. The summed E-state index contributed by atoms with van der Waals surface area (Å²) in [5, 5.41) is 7.85. The van der Waals surface area contributed by atoms with E-state index in [1.165, 1.54) is 5.56 Å². The zero-order chi connectivity index (χ0) is 15.9. The normalized spacial score (nSPS) is 11.8. The molecule has 0 saturated carbocycles. The van der Waals surface area contributed by atoms with Gasteiger partial charge in [0.2, 0.25) is 0 Å². The first kappa shape index (κ1) is 16.8. The fraction of sp³-hybridized carbons (Fsp3) is 0.278. The Balaban J connectivity index is 1.79. The Hall–Kier alpha value is -1.58. The predicted molar refractivity (Wildman–Crippen MR) is 99.8 cm³/mol. The van der Waals surface area contributed by atoms with Crippen molar-refractivity contribution in [3.63, 3.8) is 0 Å². The number of hydrogen-bond acceptors (Lipinski definition) is 1. The monoisotopic (exact) mass is 332 g/mol. The van der Waals surface area contributed by atoms with Gasteiger partial charge in [0.15, 0.2) is 5.11 Å². The fourth-order valence-corrected chi connectivity index (χ4v) is 2.66. The van der Waals surface area contributed by atoms with Crippen molar-refractivity contribution in [1.29, 1.82) is 0 Å². The Labute approximate surface area is 142 Å². The summed E-state index contributed by atoms with van der Waals surface area (Å²) in [5.41, 5.74) is 3.31. The first-order valence-electron chi connectivity index (χ1n) is 7.42. The Bertz CT molecular complexity index is 628. The van der Waals surface area contributed by atoms with Gasteiger partial charge in [-0.15, -0.1) is 0 Å². The molecule has 0 unspecified atom stereocenters. The van der Waals surface area contributed by atoms with Crippen molar-refractivity contribution in [2.75, 3.05) is 5.32 Å². The Morgan fingerprint density at radius 2 is 1.91 bits per heavy atom. The highest BCUT2D eigenvalue weighted by atomic mass is 35.5. The van der Waals surface area contributed by atoms with E-state index in [4.69, 9.17) is 23.8 Å². The molecule has 0 amide bonds. The molecule has 2 rings (SSSR count). The molecule has 0 aliphatic rings. The first-order valence-corrected chi connectivity index (χ1v) is 8.21. The summed E-state index contributed by atoms with van der Waals surface area (Å²) in [6.45, 7) is 4.12. The van der Waals surface area contributed by atoms with Gasteiger partial charge in [-0.1, -0.05) is 48.0 Å². The molecule has 0 radical (unpaired) electrons. The molecule has 0 saturated heterocycles. The molecule has 2 aromatic carbocycles. The number of nitrogens with one attached hydrogen (secondary N) is 2. The number of anilines is 1. The molecule has 0 heterocycles. The van der Waals surface area contributed by atoms with Crippen molar-refractivity contribution in [3.05, 3.63) is 64.7 Å². The van der Waals surface area contributed by atoms with Crippen molar-refractivity contribution in [3.8, 4) is 0 Å². The maximum atomic E-state index is 6.12. The Morgan fingerprint density at radius 1 is 1.18 bits per heavy atom. The Morgan fingerprint density at radius 3 is 2.59 bits per heavy atom. The molecule has 4 heteroatoms. The summed E-state index contributed by atoms with van der Waals surface area (Å²) < 4.78 is 0. The van der Waals surface area contributed by atoms with Crippen LogP contribution in [0.1, 0.15) is 24.5 Å². The number of aryl methyl sites for hydroxylation is 2. The van der Waals surface area contributed by atoms with Crippen molar-refractivity contribution in [1.82, 2.24) is 5.32 Å². The van der Waals surface area contributed by atoms with Crippen molar-refractivity contribution >= 4 is 34.6 Å². The average molecular weight is 333 g/mol. The van der Waals surface area contributed by atoms with E-state index in [2.05, 4.69) is 41.8 Å². The lowest BCUT2D eigenvalue weighted by Gasteiger charge is -2.17. The van der Waals surface area contributed by atoms with E-state index in [-0.39, 0.29) is 0 Å². The van der Waals surface area contributed by atoms with Crippen molar-refractivity contribution in [2.24, 2.45) is 0 Å². The van der Waals surface area contributed by atoms with Gasteiger partial charge in [0, 0.05) is 16.8 Å². The molecule has 0 spiro atoms. The van der Waals surface area contributed by atoms with Gasteiger partial charge in [0.05, 0.1) is 0 Å². The van der Waals surface area contributed by atoms with Gasteiger partial charge in [-0.25, -0.2) is 0 Å². The smallest absolute Gasteiger partial charge is 0.170 e. The number of hydrogen-bond donors (Lipinski definition) is 2. The standard InChI is InChI=1S/C18H21ClN2S/c1-13-8-11-16(12-17(13)19)21-18(22)20-14(2)9-10-15-6-4-3-5-7-15/h3-8,11-12,14H,9-10H2,1-2H3,(H2,20,21,22)/t14-/m1/s1. The zero-order valence-corrected chi connectivity index (χ0v) is 14.5. The van der Waals surface area contributed by atoms with E-state index >= 15 is 0 Å². The van der Waals surface area contributed by atoms with Crippen LogP contribution in [0.25, 0.3) is 0 Å². The van der Waals surface area contributed by atoms with Crippen molar-refractivity contribution < 1.29 is 0 Å². The number of rotatable bonds is 5. The third kappa shape index (κ3) is 5.32. The fourth-order valence-electron chi connectivity index (χ4n) is 2.16. The second kappa shape index (κ2) is 8.16. The van der Waals surface area contributed by atoms with Gasteiger partial charge in [-0.05, 0) is 62.2 Å². The highest BCUT2D eigenvalue weighted by Gasteiger charge is 2.06. The second-order valence-electron chi connectivity index (χ2n) is 5.49. The maximum absolute atomic E-state index is 6.12. The van der Waals surface area contributed by atoms with Gasteiger partial charge in [-0.3, -0.25) is 0 Å². The molecular weight excluding hydrogens is 312 g/mol. The number of benzene rings is 2. The lowest BCUT2D eigenvalue weighted by atomic mass is 10.1. The zero-order valence-electron chi connectivity index (χ0n) is 12.9. The minimum atomic E-state index is 0.307. The third-order valence-corrected chi connectivity index (χ3v) is 4.14. The molecule has 0 aliphatic heterocycles. The maximum Gasteiger partial charge on any atom is 0.170 e.